The van der Waals surface area contributed by atoms with E-state index in [0.717, 1.165) is 48.3 Å². The molecule has 1 aromatic carbocycles. The third kappa shape index (κ3) is 5.96. The Labute approximate surface area is 196 Å². The van der Waals surface area contributed by atoms with Gasteiger partial charge in [0.15, 0.2) is 0 Å². The van der Waals surface area contributed by atoms with E-state index < -0.39 is 0 Å². The van der Waals surface area contributed by atoms with Crippen molar-refractivity contribution >= 4 is 11.7 Å². The van der Waals surface area contributed by atoms with E-state index in [9.17, 15) is 4.79 Å². The molecule has 2 heterocycles. The van der Waals surface area contributed by atoms with E-state index in [2.05, 4.69) is 38.8 Å². The molecule has 1 amide bonds. The number of nitrogens with two attached hydrogens (primary N) is 1. The molecule has 1 aliphatic rings. The zero-order valence-corrected chi connectivity index (χ0v) is 19.2. The molecule has 172 valence electrons. The maximum atomic E-state index is 13.2. The Kier molecular flexibility index (Phi) is 7.68. The number of nitrogens with one attached hydrogen (secondary N) is 2. The molecule has 0 spiro atoms. The fourth-order valence-corrected chi connectivity index (χ4v) is 4.59. The van der Waals surface area contributed by atoms with Crippen molar-refractivity contribution in [3.63, 3.8) is 0 Å². The first-order valence-corrected chi connectivity index (χ1v) is 11.8. The van der Waals surface area contributed by atoms with E-state index >= 15 is 0 Å². The summed E-state index contributed by atoms with van der Waals surface area (Å²) < 4.78 is 0. The minimum absolute atomic E-state index is 0.0487. The highest BCUT2D eigenvalue weighted by atomic mass is 16.1. The fourth-order valence-electron chi connectivity index (χ4n) is 4.59. The lowest BCUT2D eigenvalue weighted by molar-refractivity contribution is -0.127. The van der Waals surface area contributed by atoms with Gasteiger partial charge in [-0.3, -0.25) is 9.78 Å². The first kappa shape index (κ1) is 22.9. The number of hydrogen-bond acceptors (Lipinski definition) is 5. The lowest BCUT2D eigenvalue weighted by Crippen LogP contribution is -2.37. The molecule has 1 saturated carbocycles. The molecule has 0 radical (unpaired) electrons. The molecule has 1 fully saturated rings. The van der Waals surface area contributed by atoms with Gasteiger partial charge in [0.2, 0.25) is 5.91 Å². The Balaban J connectivity index is 1.57. The van der Waals surface area contributed by atoms with Gasteiger partial charge in [-0.1, -0.05) is 30.3 Å². The van der Waals surface area contributed by atoms with Crippen molar-refractivity contribution in [1.82, 2.24) is 15.3 Å². The van der Waals surface area contributed by atoms with Crippen LogP contribution >= 0.6 is 0 Å². The van der Waals surface area contributed by atoms with Gasteiger partial charge in [-0.05, 0) is 85.5 Å². The molecule has 6 heteroatoms. The molecular formula is C27H33N5O. The quantitative estimate of drug-likeness (QED) is 0.481. The Hall–Kier alpha value is -3.25. The van der Waals surface area contributed by atoms with Crippen molar-refractivity contribution in [2.75, 3.05) is 18.9 Å². The number of nitrogens with zero attached hydrogens (tertiary/aromatic N) is 2. The molecule has 0 saturated heterocycles. The number of hydrogen-bond donors (Lipinski definition) is 3. The summed E-state index contributed by atoms with van der Waals surface area (Å²) in [4.78, 5) is 22.2. The van der Waals surface area contributed by atoms with Crippen LogP contribution in [0.3, 0.4) is 0 Å². The van der Waals surface area contributed by atoms with Gasteiger partial charge in [0.25, 0.3) is 0 Å². The second-order valence-corrected chi connectivity index (χ2v) is 8.85. The fraction of sp³-hybridized carbons (Fsp3) is 0.370. The van der Waals surface area contributed by atoms with Crippen molar-refractivity contribution in [2.24, 2.45) is 17.6 Å². The van der Waals surface area contributed by atoms with Crippen LogP contribution in [0, 0.1) is 11.8 Å². The summed E-state index contributed by atoms with van der Waals surface area (Å²) >= 11 is 0. The van der Waals surface area contributed by atoms with Crippen LogP contribution in [0.1, 0.15) is 43.0 Å². The highest BCUT2D eigenvalue weighted by Crippen LogP contribution is 2.30. The molecule has 1 unspecified atom stereocenters. The average Bonchev–Trinajstić information content (AvgIpc) is 2.89. The first-order chi connectivity index (χ1) is 16.2. The molecule has 1 atom stereocenters. The molecule has 2 aromatic heterocycles. The van der Waals surface area contributed by atoms with Crippen LogP contribution in [0.15, 0.2) is 67.0 Å². The summed E-state index contributed by atoms with van der Waals surface area (Å²) in [6.07, 6.45) is 8.18. The van der Waals surface area contributed by atoms with Gasteiger partial charge >= 0.3 is 0 Å². The van der Waals surface area contributed by atoms with Gasteiger partial charge in [-0.2, -0.15) is 0 Å². The lowest BCUT2D eigenvalue weighted by atomic mass is 9.81. The van der Waals surface area contributed by atoms with Crippen LogP contribution in [-0.4, -0.2) is 29.5 Å². The predicted octanol–water partition coefficient (Wildman–Crippen LogP) is 4.35. The van der Waals surface area contributed by atoms with Gasteiger partial charge in [0.1, 0.15) is 5.82 Å². The number of rotatable bonds is 8. The highest BCUT2D eigenvalue weighted by molar-refractivity contribution is 5.79. The summed E-state index contributed by atoms with van der Waals surface area (Å²) in [6, 6.07) is 18.1. The Morgan fingerprint density at radius 1 is 1.00 bits per heavy atom. The number of aromatic nitrogens is 2. The van der Waals surface area contributed by atoms with Crippen LogP contribution in [0.2, 0.25) is 0 Å². The van der Waals surface area contributed by atoms with E-state index in [1.165, 1.54) is 5.56 Å². The molecular weight excluding hydrogens is 410 g/mol. The topological polar surface area (TPSA) is 92.9 Å². The third-order valence-electron chi connectivity index (χ3n) is 6.64. The van der Waals surface area contributed by atoms with Crippen LogP contribution in [0.4, 0.5) is 5.82 Å². The number of carbonyl (C=O) groups excluding carboxylic acids is 1. The van der Waals surface area contributed by atoms with Crippen molar-refractivity contribution in [3.8, 4) is 11.1 Å². The number of amides is 1. The molecule has 33 heavy (non-hydrogen) atoms. The first-order valence-electron chi connectivity index (χ1n) is 11.8. The summed E-state index contributed by atoms with van der Waals surface area (Å²) in [5.74, 6) is 1.54. The molecule has 6 nitrogen and oxygen atoms in total. The smallest absolute Gasteiger partial charge is 0.223 e. The second kappa shape index (κ2) is 11.1. The largest absolute Gasteiger partial charge is 0.373 e. The van der Waals surface area contributed by atoms with Crippen LogP contribution < -0.4 is 16.4 Å². The Morgan fingerprint density at radius 3 is 2.39 bits per heavy atom. The maximum absolute atomic E-state index is 13.2. The van der Waals surface area contributed by atoms with Crippen molar-refractivity contribution < 1.29 is 4.79 Å². The maximum Gasteiger partial charge on any atom is 0.223 e. The van der Waals surface area contributed by atoms with Crippen LogP contribution in [0.5, 0.6) is 0 Å². The highest BCUT2D eigenvalue weighted by Gasteiger charge is 2.28. The monoisotopic (exact) mass is 443 g/mol. The van der Waals surface area contributed by atoms with Crippen molar-refractivity contribution in [2.45, 2.75) is 38.1 Å². The summed E-state index contributed by atoms with van der Waals surface area (Å²) in [5.41, 5.74) is 9.97. The predicted molar refractivity (Wildman–Crippen MR) is 133 cm³/mol. The standard InChI is InChI=1S/C27H33N5O/c1-29-26-17-23(12-14-31-26)22-11-13-30-24(16-22)25(15-19-5-3-2-4-6-19)32-27(33)21-9-7-20(18-28)8-10-21/h2-6,11-14,16-17,20-21,25H,7-10,15,18,28H2,1H3,(H,29,31)(H,32,33). The molecule has 4 N–H and O–H groups in total. The van der Waals surface area contributed by atoms with Crippen molar-refractivity contribution in [1.29, 1.82) is 0 Å². The third-order valence-corrected chi connectivity index (χ3v) is 6.64. The molecule has 0 aliphatic heterocycles. The molecule has 3 aromatic rings. The second-order valence-electron chi connectivity index (χ2n) is 8.85. The zero-order valence-electron chi connectivity index (χ0n) is 19.2. The SMILES string of the molecule is CNc1cc(-c2ccnc(C(Cc3ccccc3)NC(=O)C3CCC(CN)CC3)c2)ccn1. The number of anilines is 1. The Bertz CT molecular complexity index is 1050. The molecule has 4 rings (SSSR count). The summed E-state index contributed by atoms with van der Waals surface area (Å²) in [5, 5.41) is 6.41. The van der Waals surface area contributed by atoms with Gasteiger partial charge in [-0.25, -0.2) is 4.98 Å². The minimum Gasteiger partial charge on any atom is -0.373 e. The van der Waals surface area contributed by atoms with Crippen molar-refractivity contribution in [3.05, 3.63) is 78.2 Å². The normalized spacial score (nSPS) is 19.0. The molecule has 1 aliphatic carbocycles. The van der Waals surface area contributed by atoms with E-state index in [4.69, 9.17) is 5.73 Å². The van der Waals surface area contributed by atoms with Gasteiger partial charge in [0, 0.05) is 25.4 Å². The van der Waals surface area contributed by atoms with Gasteiger partial charge in [0.05, 0.1) is 11.7 Å². The van der Waals surface area contributed by atoms with Crippen LogP contribution in [0.25, 0.3) is 11.1 Å². The van der Waals surface area contributed by atoms with E-state index in [-0.39, 0.29) is 17.9 Å². The number of carbonyl (C=O) groups is 1. The van der Waals surface area contributed by atoms with E-state index in [0.29, 0.717) is 18.9 Å². The summed E-state index contributed by atoms with van der Waals surface area (Å²) in [7, 11) is 1.86. The van der Waals surface area contributed by atoms with Crippen LogP contribution in [-0.2, 0) is 11.2 Å². The van der Waals surface area contributed by atoms with Gasteiger partial charge < -0.3 is 16.4 Å². The molecule has 0 bridgehead atoms. The average molecular weight is 444 g/mol. The van der Waals surface area contributed by atoms with E-state index in [1.54, 1.807) is 6.20 Å². The summed E-state index contributed by atoms with van der Waals surface area (Å²) in [6.45, 7) is 0.714. The van der Waals surface area contributed by atoms with Gasteiger partial charge in [-0.15, -0.1) is 0 Å². The number of benzene rings is 1. The minimum atomic E-state index is -0.197. The number of pyridine rings is 2. The van der Waals surface area contributed by atoms with E-state index in [1.807, 2.05) is 49.6 Å². The zero-order chi connectivity index (χ0) is 23.0. The lowest BCUT2D eigenvalue weighted by Gasteiger charge is -2.28. The Morgan fingerprint density at radius 2 is 1.70 bits per heavy atom.